The van der Waals surface area contributed by atoms with Crippen molar-refractivity contribution in [1.82, 2.24) is 0 Å². The molecule has 0 spiro atoms. The number of hydrogen-bond acceptors (Lipinski definition) is 1. The predicted molar refractivity (Wildman–Crippen MR) is 51.1 cm³/mol. The Morgan fingerprint density at radius 1 is 1.17 bits per heavy atom. The molecule has 0 aromatic rings. The maximum atomic E-state index is 5.07. The first-order valence-electron chi connectivity index (χ1n) is 5.09. The smallest absolute Gasteiger partial charge is 0.0806 e. The number of nitrogens with zero attached hydrogens (tertiary/aromatic N) is 1. The van der Waals surface area contributed by atoms with Crippen LogP contribution in [0.2, 0.25) is 0 Å². The molecule has 0 aromatic carbocycles. The van der Waals surface area contributed by atoms with Crippen LogP contribution in [0.4, 0.5) is 0 Å². The third-order valence-corrected chi connectivity index (χ3v) is 2.94. The van der Waals surface area contributed by atoms with Crippen LogP contribution < -0.4 is 0 Å². The van der Waals surface area contributed by atoms with Gasteiger partial charge < -0.3 is 9.22 Å². The number of likely N-dealkylation sites (tertiary alicyclic amines) is 1. The van der Waals surface area contributed by atoms with Gasteiger partial charge in [-0.05, 0) is 19.3 Å². The molecule has 1 heterocycles. The van der Waals surface area contributed by atoms with Crippen molar-refractivity contribution >= 4 is 0 Å². The van der Waals surface area contributed by atoms with Crippen LogP contribution >= 0.6 is 0 Å². The van der Waals surface area contributed by atoms with Gasteiger partial charge in [-0.15, -0.1) is 0 Å². The monoisotopic (exact) mass is 172 g/mol. The Balaban J connectivity index is 2.17. The Morgan fingerprint density at radius 2 is 1.83 bits per heavy atom. The number of quaternary nitrogens is 1. The molecule has 72 valence electrons. The van der Waals surface area contributed by atoms with Crippen molar-refractivity contribution in [3.05, 3.63) is 0 Å². The minimum atomic E-state index is 0.924. The summed E-state index contributed by atoms with van der Waals surface area (Å²) in [6.45, 7) is 4.98. The highest BCUT2D eigenvalue weighted by atomic mass is 16.5. The summed E-state index contributed by atoms with van der Waals surface area (Å²) >= 11 is 0. The van der Waals surface area contributed by atoms with Crippen LogP contribution in [0.15, 0.2) is 0 Å². The molecule has 1 rings (SSSR count). The summed E-state index contributed by atoms with van der Waals surface area (Å²) in [4.78, 5) is 0. The quantitative estimate of drug-likeness (QED) is 0.463. The molecule has 2 nitrogen and oxygen atoms in total. The summed E-state index contributed by atoms with van der Waals surface area (Å²) in [5, 5.41) is 0. The molecule has 0 radical (unpaired) electrons. The lowest BCUT2D eigenvalue weighted by Crippen LogP contribution is -2.48. The van der Waals surface area contributed by atoms with Crippen LogP contribution in [0, 0.1) is 0 Å². The molecule has 0 amide bonds. The Kier molecular flexibility index (Phi) is 4.02. The molecule has 1 aliphatic rings. The van der Waals surface area contributed by atoms with Crippen molar-refractivity contribution in [1.29, 1.82) is 0 Å². The zero-order chi connectivity index (χ0) is 8.86. The first kappa shape index (κ1) is 10.0. The average molecular weight is 172 g/mol. The summed E-state index contributed by atoms with van der Waals surface area (Å²) in [7, 11) is 4.17. The van der Waals surface area contributed by atoms with Crippen molar-refractivity contribution < 1.29 is 9.22 Å². The molecule has 1 aliphatic heterocycles. The number of hydrogen-bond donors (Lipinski definition) is 0. The van der Waals surface area contributed by atoms with Crippen LogP contribution in [0.3, 0.4) is 0 Å². The molecule has 1 fully saturated rings. The Bertz CT molecular complexity index is 119. The summed E-state index contributed by atoms with van der Waals surface area (Å²) < 4.78 is 6.35. The lowest BCUT2D eigenvalue weighted by Gasteiger charge is -2.37. The second kappa shape index (κ2) is 4.83. The molecule has 1 saturated heterocycles. The molecule has 2 heteroatoms. The van der Waals surface area contributed by atoms with Crippen LogP contribution in [-0.2, 0) is 4.74 Å². The van der Waals surface area contributed by atoms with Gasteiger partial charge >= 0.3 is 0 Å². The lowest BCUT2D eigenvalue weighted by molar-refractivity contribution is -0.914. The van der Waals surface area contributed by atoms with E-state index in [1.165, 1.54) is 49.8 Å². The van der Waals surface area contributed by atoms with Crippen molar-refractivity contribution in [3.8, 4) is 0 Å². The Hall–Kier alpha value is -0.0800. The maximum Gasteiger partial charge on any atom is 0.0806 e. The second-order valence-electron chi connectivity index (χ2n) is 4.20. The van der Waals surface area contributed by atoms with Crippen LogP contribution in [0.5, 0.6) is 0 Å². The van der Waals surface area contributed by atoms with Gasteiger partial charge in [-0.2, -0.15) is 0 Å². The first-order chi connectivity index (χ1) is 5.77. The maximum absolute atomic E-state index is 5.07. The van der Waals surface area contributed by atoms with Crippen LogP contribution in [0.25, 0.3) is 0 Å². The minimum absolute atomic E-state index is 0.924. The zero-order valence-corrected chi connectivity index (χ0v) is 8.51. The van der Waals surface area contributed by atoms with E-state index in [0.717, 1.165) is 6.61 Å². The van der Waals surface area contributed by atoms with E-state index in [4.69, 9.17) is 4.74 Å². The number of methoxy groups -OCH3 is 1. The zero-order valence-electron chi connectivity index (χ0n) is 8.51. The van der Waals surface area contributed by atoms with Gasteiger partial charge in [-0.1, -0.05) is 0 Å². The van der Waals surface area contributed by atoms with Crippen molar-refractivity contribution in [2.24, 2.45) is 0 Å². The summed E-state index contributed by atoms with van der Waals surface area (Å²) in [5.74, 6) is 0. The predicted octanol–water partition coefficient (Wildman–Crippen LogP) is 1.65. The van der Waals surface area contributed by atoms with Crippen LogP contribution in [0.1, 0.15) is 25.7 Å². The molecular weight excluding hydrogens is 150 g/mol. The molecular formula is C10H22NO+. The number of rotatable bonds is 4. The lowest BCUT2D eigenvalue weighted by atomic mass is 10.1. The Labute approximate surface area is 76.1 Å². The van der Waals surface area contributed by atoms with Gasteiger partial charge in [-0.3, -0.25) is 0 Å². The largest absolute Gasteiger partial charge is 0.384 e. The fourth-order valence-electron chi connectivity index (χ4n) is 2.09. The van der Waals surface area contributed by atoms with E-state index in [9.17, 15) is 0 Å². The Morgan fingerprint density at radius 3 is 2.42 bits per heavy atom. The second-order valence-corrected chi connectivity index (χ2v) is 4.20. The topological polar surface area (TPSA) is 9.23 Å². The van der Waals surface area contributed by atoms with E-state index in [1.807, 2.05) is 0 Å². The third-order valence-electron chi connectivity index (χ3n) is 2.94. The summed E-state index contributed by atoms with van der Waals surface area (Å²) in [6, 6.07) is 0. The van der Waals surface area contributed by atoms with E-state index in [2.05, 4.69) is 7.05 Å². The van der Waals surface area contributed by atoms with Gasteiger partial charge in [0.1, 0.15) is 0 Å². The normalized spacial score (nSPS) is 22.5. The van der Waals surface area contributed by atoms with E-state index in [0.29, 0.717) is 0 Å². The minimum Gasteiger partial charge on any atom is -0.384 e. The van der Waals surface area contributed by atoms with E-state index in [-0.39, 0.29) is 0 Å². The molecule has 0 saturated carbocycles. The molecule has 0 unspecified atom stereocenters. The van der Waals surface area contributed by atoms with Crippen molar-refractivity contribution in [3.63, 3.8) is 0 Å². The molecule has 12 heavy (non-hydrogen) atoms. The number of ether oxygens (including phenoxy) is 1. The third kappa shape index (κ3) is 3.11. The highest BCUT2D eigenvalue weighted by Crippen LogP contribution is 2.16. The fraction of sp³-hybridized carbons (Fsp3) is 1.00. The van der Waals surface area contributed by atoms with Gasteiger partial charge in [0.25, 0.3) is 0 Å². The SMILES string of the molecule is COCCC[N+]1(C)CCCCC1. The standard InChI is InChI=1S/C10H22NO/c1-11(9-6-10-12-2)7-4-3-5-8-11/h3-10H2,1-2H3/q+1. The molecule has 0 atom stereocenters. The highest BCUT2D eigenvalue weighted by molar-refractivity contribution is 4.51. The van der Waals surface area contributed by atoms with Crippen LogP contribution in [-0.4, -0.2) is 44.9 Å². The van der Waals surface area contributed by atoms with E-state index < -0.39 is 0 Å². The van der Waals surface area contributed by atoms with E-state index in [1.54, 1.807) is 7.11 Å². The first-order valence-corrected chi connectivity index (χ1v) is 5.09. The molecule has 0 bridgehead atoms. The molecule has 0 aromatic heterocycles. The summed E-state index contributed by atoms with van der Waals surface area (Å²) in [5.41, 5.74) is 0. The van der Waals surface area contributed by atoms with E-state index >= 15 is 0 Å². The average Bonchev–Trinajstić information content (AvgIpc) is 2.06. The number of piperidine rings is 1. The molecule has 0 N–H and O–H groups in total. The summed E-state index contributed by atoms with van der Waals surface area (Å²) in [6.07, 6.45) is 5.50. The molecule has 0 aliphatic carbocycles. The van der Waals surface area contributed by atoms with Gasteiger partial charge in [-0.25, -0.2) is 0 Å². The van der Waals surface area contributed by atoms with Gasteiger partial charge in [0.15, 0.2) is 0 Å². The highest BCUT2D eigenvalue weighted by Gasteiger charge is 2.23. The van der Waals surface area contributed by atoms with Crippen molar-refractivity contribution in [2.45, 2.75) is 25.7 Å². The van der Waals surface area contributed by atoms with Gasteiger partial charge in [0.2, 0.25) is 0 Å². The van der Waals surface area contributed by atoms with Crippen molar-refractivity contribution in [2.75, 3.05) is 40.4 Å². The van der Waals surface area contributed by atoms with Gasteiger partial charge in [0, 0.05) is 13.5 Å². The van der Waals surface area contributed by atoms with Gasteiger partial charge in [0.05, 0.1) is 33.3 Å². The fourth-order valence-corrected chi connectivity index (χ4v) is 2.09.